The zero-order chi connectivity index (χ0) is 11.1. The molecule has 6 heteroatoms. The Hall–Kier alpha value is -0.620. The minimum absolute atomic E-state index is 0.0419. The molecule has 1 aliphatic heterocycles. The van der Waals surface area contributed by atoms with Gasteiger partial charge in [-0.25, -0.2) is 8.42 Å². The maximum Gasteiger partial charge on any atom is 0.228 e. The predicted molar refractivity (Wildman–Crippen MR) is 54.0 cm³/mol. The second kappa shape index (κ2) is 3.45. The molecule has 15 heavy (non-hydrogen) atoms. The SMILES string of the molecule is O=C(NC1CCS(=O)(=O)C1)C1(CO)CC1. The molecule has 1 amide bonds. The first-order valence-corrected chi connectivity index (χ1v) is 6.92. The lowest BCUT2D eigenvalue weighted by Crippen LogP contribution is -2.41. The second-order valence-corrected chi connectivity index (χ2v) is 6.74. The molecule has 1 saturated heterocycles. The number of carbonyl (C=O) groups excluding carboxylic acids is 1. The van der Waals surface area contributed by atoms with Gasteiger partial charge in [-0.1, -0.05) is 0 Å². The van der Waals surface area contributed by atoms with Crippen LogP contribution in [0.1, 0.15) is 19.3 Å². The number of hydrogen-bond donors (Lipinski definition) is 2. The van der Waals surface area contributed by atoms with Gasteiger partial charge in [-0.15, -0.1) is 0 Å². The molecule has 1 saturated carbocycles. The number of amides is 1. The van der Waals surface area contributed by atoms with Crippen molar-refractivity contribution >= 4 is 15.7 Å². The third kappa shape index (κ3) is 2.15. The maximum absolute atomic E-state index is 11.7. The van der Waals surface area contributed by atoms with Crippen molar-refractivity contribution in [3.63, 3.8) is 0 Å². The molecule has 0 aromatic heterocycles. The van der Waals surface area contributed by atoms with Crippen LogP contribution < -0.4 is 5.32 Å². The number of sulfone groups is 1. The van der Waals surface area contributed by atoms with Crippen molar-refractivity contribution in [2.75, 3.05) is 18.1 Å². The fourth-order valence-electron chi connectivity index (χ4n) is 1.86. The molecule has 2 N–H and O–H groups in total. The highest BCUT2D eigenvalue weighted by Crippen LogP contribution is 2.45. The first kappa shape index (κ1) is 10.9. The molecule has 1 atom stereocenters. The van der Waals surface area contributed by atoms with Crippen molar-refractivity contribution < 1.29 is 18.3 Å². The van der Waals surface area contributed by atoms with Gasteiger partial charge in [0.15, 0.2) is 9.84 Å². The molecule has 0 radical (unpaired) electrons. The predicted octanol–water partition coefficient (Wildman–Crippen LogP) is -0.938. The van der Waals surface area contributed by atoms with E-state index in [4.69, 9.17) is 5.11 Å². The zero-order valence-corrected chi connectivity index (χ0v) is 9.22. The highest BCUT2D eigenvalue weighted by atomic mass is 32.2. The number of aliphatic hydroxyl groups is 1. The summed E-state index contributed by atoms with van der Waals surface area (Å²) in [5, 5.41) is 11.7. The number of carbonyl (C=O) groups is 1. The van der Waals surface area contributed by atoms with Crippen LogP contribution in [0.15, 0.2) is 0 Å². The van der Waals surface area contributed by atoms with E-state index >= 15 is 0 Å². The second-order valence-electron chi connectivity index (χ2n) is 4.51. The third-order valence-corrected chi connectivity index (χ3v) is 4.97. The van der Waals surface area contributed by atoms with E-state index in [2.05, 4.69) is 5.32 Å². The first-order chi connectivity index (χ1) is 6.97. The van der Waals surface area contributed by atoms with Crippen LogP contribution in [0.5, 0.6) is 0 Å². The minimum atomic E-state index is -2.95. The maximum atomic E-state index is 11.7. The molecule has 1 heterocycles. The van der Waals surface area contributed by atoms with Gasteiger partial charge < -0.3 is 10.4 Å². The molecule has 0 spiro atoms. The molecule has 1 unspecified atom stereocenters. The smallest absolute Gasteiger partial charge is 0.228 e. The van der Waals surface area contributed by atoms with E-state index in [-0.39, 0.29) is 30.1 Å². The van der Waals surface area contributed by atoms with Gasteiger partial charge in [0.25, 0.3) is 0 Å². The van der Waals surface area contributed by atoms with Gasteiger partial charge in [0.1, 0.15) is 0 Å². The number of hydrogen-bond acceptors (Lipinski definition) is 4. The average molecular weight is 233 g/mol. The van der Waals surface area contributed by atoms with E-state index in [9.17, 15) is 13.2 Å². The fourth-order valence-corrected chi connectivity index (χ4v) is 3.53. The summed E-state index contributed by atoms with van der Waals surface area (Å²) in [6.07, 6.45) is 1.90. The molecular formula is C9H15NO4S. The van der Waals surface area contributed by atoms with Crippen molar-refractivity contribution in [3.8, 4) is 0 Å². The van der Waals surface area contributed by atoms with Crippen LogP contribution in [0.3, 0.4) is 0 Å². The number of rotatable bonds is 3. The minimum Gasteiger partial charge on any atom is -0.395 e. The van der Waals surface area contributed by atoms with Gasteiger partial charge in [0.2, 0.25) is 5.91 Å². The van der Waals surface area contributed by atoms with E-state index in [1.54, 1.807) is 0 Å². The van der Waals surface area contributed by atoms with Crippen molar-refractivity contribution in [3.05, 3.63) is 0 Å². The average Bonchev–Trinajstić information content (AvgIpc) is 2.88. The Bertz CT molecular complexity index is 372. The summed E-state index contributed by atoms with van der Waals surface area (Å²) in [5.74, 6) is 0.0109. The van der Waals surface area contributed by atoms with Crippen LogP contribution in [0.25, 0.3) is 0 Å². The van der Waals surface area contributed by atoms with Crippen LogP contribution in [0, 0.1) is 5.41 Å². The van der Waals surface area contributed by atoms with Crippen LogP contribution in [-0.4, -0.2) is 43.6 Å². The standard InChI is InChI=1S/C9H15NO4S/c11-6-9(2-3-9)8(12)10-7-1-4-15(13,14)5-7/h7,11H,1-6H2,(H,10,12). The zero-order valence-electron chi connectivity index (χ0n) is 8.40. The van der Waals surface area contributed by atoms with Gasteiger partial charge in [0.05, 0.1) is 23.5 Å². The first-order valence-electron chi connectivity index (χ1n) is 5.10. The van der Waals surface area contributed by atoms with Crippen LogP contribution >= 0.6 is 0 Å². The van der Waals surface area contributed by atoms with Crippen molar-refractivity contribution in [2.45, 2.75) is 25.3 Å². The Morgan fingerprint density at radius 2 is 2.13 bits per heavy atom. The van der Waals surface area contributed by atoms with Gasteiger partial charge in [-0.3, -0.25) is 4.79 Å². The Kier molecular flexibility index (Phi) is 2.50. The molecule has 0 aromatic rings. The fraction of sp³-hybridized carbons (Fsp3) is 0.889. The normalized spacial score (nSPS) is 31.1. The molecule has 2 rings (SSSR count). The summed E-state index contributed by atoms with van der Waals surface area (Å²) in [5.41, 5.74) is -0.605. The van der Waals surface area contributed by atoms with E-state index in [1.807, 2.05) is 0 Å². The quantitative estimate of drug-likeness (QED) is 0.659. The van der Waals surface area contributed by atoms with Gasteiger partial charge in [-0.05, 0) is 19.3 Å². The monoisotopic (exact) mass is 233 g/mol. The molecule has 2 fully saturated rings. The lowest BCUT2D eigenvalue weighted by Gasteiger charge is -2.16. The van der Waals surface area contributed by atoms with E-state index in [0.717, 1.165) is 0 Å². The summed E-state index contributed by atoms with van der Waals surface area (Å²) < 4.78 is 22.3. The lowest BCUT2D eigenvalue weighted by molar-refractivity contribution is -0.128. The Balaban J connectivity index is 1.91. The van der Waals surface area contributed by atoms with Crippen molar-refractivity contribution in [2.24, 2.45) is 5.41 Å². The summed E-state index contributed by atoms with van der Waals surface area (Å²) in [4.78, 5) is 11.7. The van der Waals surface area contributed by atoms with Crippen LogP contribution in [0.4, 0.5) is 0 Å². The Morgan fingerprint density at radius 1 is 1.47 bits per heavy atom. The van der Waals surface area contributed by atoms with E-state index in [0.29, 0.717) is 19.3 Å². The topological polar surface area (TPSA) is 83.5 Å². The summed E-state index contributed by atoms with van der Waals surface area (Å²) in [6.45, 7) is -0.141. The summed E-state index contributed by atoms with van der Waals surface area (Å²) in [6, 6.07) is -0.258. The number of nitrogens with one attached hydrogen (secondary N) is 1. The number of aliphatic hydroxyl groups excluding tert-OH is 1. The highest BCUT2D eigenvalue weighted by molar-refractivity contribution is 7.91. The van der Waals surface area contributed by atoms with Gasteiger partial charge >= 0.3 is 0 Å². The molecule has 86 valence electrons. The van der Waals surface area contributed by atoms with E-state index in [1.165, 1.54) is 0 Å². The van der Waals surface area contributed by atoms with Crippen molar-refractivity contribution in [1.82, 2.24) is 5.32 Å². The third-order valence-electron chi connectivity index (χ3n) is 3.21. The van der Waals surface area contributed by atoms with E-state index < -0.39 is 15.3 Å². The largest absolute Gasteiger partial charge is 0.395 e. The lowest BCUT2D eigenvalue weighted by atomic mass is 10.1. The van der Waals surface area contributed by atoms with Crippen LogP contribution in [0.2, 0.25) is 0 Å². The molecule has 0 bridgehead atoms. The Labute approximate surface area is 88.8 Å². The van der Waals surface area contributed by atoms with Gasteiger partial charge in [0, 0.05) is 6.04 Å². The van der Waals surface area contributed by atoms with Gasteiger partial charge in [-0.2, -0.15) is 0 Å². The highest BCUT2D eigenvalue weighted by Gasteiger charge is 2.50. The van der Waals surface area contributed by atoms with Crippen LogP contribution in [-0.2, 0) is 14.6 Å². The summed E-state index contributed by atoms with van der Waals surface area (Å²) >= 11 is 0. The molecule has 5 nitrogen and oxygen atoms in total. The Morgan fingerprint density at radius 3 is 2.53 bits per heavy atom. The summed E-state index contributed by atoms with van der Waals surface area (Å²) in [7, 11) is -2.95. The van der Waals surface area contributed by atoms with Crippen molar-refractivity contribution in [1.29, 1.82) is 0 Å². The molecule has 1 aliphatic carbocycles. The molecule has 0 aromatic carbocycles. The molecule has 2 aliphatic rings. The molecular weight excluding hydrogens is 218 g/mol.